The smallest absolute Gasteiger partial charge is 0.243 e. The minimum Gasteiger partial charge on any atom is -0.274 e. The Hall–Kier alpha value is -0.400. The van der Waals surface area contributed by atoms with Crippen LogP contribution in [0, 0.1) is 5.92 Å². The van der Waals surface area contributed by atoms with Crippen LogP contribution in [0.15, 0.2) is 17.3 Å². The van der Waals surface area contributed by atoms with Gasteiger partial charge in [0.2, 0.25) is 10.0 Å². The Bertz CT molecular complexity index is 444. The lowest BCUT2D eigenvalue weighted by Crippen LogP contribution is -2.24. The minimum atomic E-state index is -3.39. The highest BCUT2D eigenvalue weighted by Crippen LogP contribution is 2.09. The molecule has 0 saturated heterocycles. The summed E-state index contributed by atoms with van der Waals surface area (Å²) in [6.07, 6.45) is 4.68. The van der Waals surface area contributed by atoms with Gasteiger partial charge in [0.05, 0.1) is 6.20 Å². The summed E-state index contributed by atoms with van der Waals surface area (Å²) in [5, 5.41) is 4.79. The van der Waals surface area contributed by atoms with Crippen molar-refractivity contribution in [1.82, 2.24) is 14.5 Å². The molecule has 0 aliphatic carbocycles. The first-order valence-electron chi connectivity index (χ1n) is 5.50. The highest BCUT2D eigenvalue weighted by atomic mass is 79.9. The number of alkyl halides is 1. The summed E-state index contributed by atoms with van der Waals surface area (Å²) in [6, 6.07) is 0. The van der Waals surface area contributed by atoms with E-state index in [-0.39, 0.29) is 4.90 Å². The van der Waals surface area contributed by atoms with Gasteiger partial charge in [0.1, 0.15) is 4.90 Å². The van der Waals surface area contributed by atoms with Crippen molar-refractivity contribution in [3.05, 3.63) is 12.4 Å². The third-order valence-electron chi connectivity index (χ3n) is 2.42. The van der Waals surface area contributed by atoms with Crippen LogP contribution in [0.25, 0.3) is 0 Å². The summed E-state index contributed by atoms with van der Waals surface area (Å²) in [4.78, 5) is 0.216. The molecule has 0 fully saturated rings. The Morgan fingerprint density at radius 2 is 2.29 bits per heavy atom. The lowest BCUT2D eigenvalue weighted by atomic mass is 10.1. The fourth-order valence-corrected chi connectivity index (χ4v) is 2.74. The van der Waals surface area contributed by atoms with Crippen molar-refractivity contribution < 1.29 is 8.42 Å². The molecule has 1 N–H and O–H groups in total. The molecule has 0 spiro atoms. The summed E-state index contributed by atoms with van der Waals surface area (Å²) < 4.78 is 27.6. The van der Waals surface area contributed by atoms with E-state index in [9.17, 15) is 8.42 Å². The molecule has 98 valence electrons. The number of hydrogen-bond acceptors (Lipinski definition) is 3. The van der Waals surface area contributed by atoms with Crippen molar-refractivity contribution in [2.45, 2.75) is 24.7 Å². The van der Waals surface area contributed by atoms with E-state index in [1.807, 2.05) is 0 Å². The van der Waals surface area contributed by atoms with Crippen LogP contribution in [0.2, 0.25) is 0 Å². The number of aromatic nitrogens is 2. The zero-order valence-corrected chi connectivity index (χ0v) is 12.5. The second-order valence-corrected chi connectivity index (χ2v) is 6.56. The molecular weight excluding hydrogens is 306 g/mol. The molecule has 0 saturated carbocycles. The van der Waals surface area contributed by atoms with Crippen molar-refractivity contribution >= 4 is 26.0 Å². The maximum Gasteiger partial charge on any atom is 0.243 e. The Kier molecular flexibility index (Phi) is 5.61. The van der Waals surface area contributed by atoms with Gasteiger partial charge in [-0.25, -0.2) is 13.1 Å². The lowest BCUT2D eigenvalue weighted by Gasteiger charge is -2.07. The molecule has 0 radical (unpaired) electrons. The van der Waals surface area contributed by atoms with Gasteiger partial charge in [0.15, 0.2) is 0 Å². The van der Waals surface area contributed by atoms with Gasteiger partial charge in [0.25, 0.3) is 0 Å². The van der Waals surface area contributed by atoms with Crippen LogP contribution in [0.5, 0.6) is 0 Å². The van der Waals surface area contributed by atoms with E-state index in [1.165, 1.54) is 17.1 Å². The van der Waals surface area contributed by atoms with Gasteiger partial charge in [-0.3, -0.25) is 4.68 Å². The monoisotopic (exact) mass is 323 g/mol. The number of rotatable bonds is 7. The topological polar surface area (TPSA) is 64.0 Å². The Labute approximate surface area is 111 Å². The van der Waals surface area contributed by atoms with Crippen LogP contribution in [-0.4, -0.2) is 30.1 Å². The minimum absolute atomic E-state index is 0.216. The first-order valence-corrected chi connectivity index (χ1v) is 8.10. The SMILES string of the molecule is CC(CBr)CCCNS(=O)(=O)c1cnn(C)c1. The average molecular weight is 324 g/mol. The molecule has 0 bridgehead atoms. The number of sulfonamides is 1. The van der Waals surface area contributed by atoms with Crippen LogP contribution < -0.4 is 4.72 Å². The Morgan fingerprint density at radius 1 is 1.59 bits per heavy atom. The molecule has 1 aromatic rings. The number of nitrogens with one attached hydrogen (secondary N) is 1. The molecule has 17 heavy (non-hydrogen) atoms. The molecule has 1 rings (SSSR count). The van der Waals surface area contributed by atoms with Gasteiger partial charge >= 0.3 is 0 Å². The molecule has 0 amide bonds. The second-order valence-electron chi connectivity index (χ2n) is 4.15. The average Bonchev–Trinajstić information content (AvgIpc) is 2.71. The zero-order chi connectivity index (χ0) is 12.9. The largest absolute Gasteiger partial charge is 0.274 e. The fraction of sp³-hybridized carbons (Fsp3) is 0.700. The third kappa shape index (κ3) is 4.77. The van der Waals surface area contributed by atoms with Crippen LogP contribution in [-0.2, 0) is 17.1 Å². The summed E-state index contributed by atoms with van der Waals surface area (Å²) in [5.41, 5.74) is 0. The van der Waals surface area contributed by atoms with Crippen molar-refractivity contribution in [2.75, 3.05) is 11.9 Å². The summed E-state index contributed by atoms with van der Waals surface area (Å²) in [5.74, 6) is 0.567. The standard InChI is InChI=1S/C10H18BrN3O2S/c1-9(6-11)4-3-5-13-17(15,16)10-7-12-14(2)8-10/h7-9,13H,3-6H2,1-2H3. The Morgan fingerprint density at radius 3 is 2.82 bits per heavy atom. The van der Waals surface area contributed by atoms with Gasteiger partial charge in [-0.1, -0.05) is 22.9 Å². The number of aryl methyl sites for hydroxylation is 1. The highest BCUT2D eigenvalue weighted by Gasteiger charge is 2.15. The first-order chi connectivity index (χ1) is 7.95. The molecule has 7 heteroatoms. The van der Waals surface area contributed by atoms with Gasteiger partial charge in [-0.2, -0.15) is 5.10 Å². The van der Waals surface area contributed by atoms with Crippen LogP contribution in [0.3, 0.4) is 0 Å². The van der Waals surface area contributed by atoms with E-state index in [2.05, 4.69) is 32.7 Å². The molecule has 0 aliphatic rings. The molecular formula is C10H18BrN3O2S. The third-order valence-corrected chi connectivity index (χ3v) is 4.94. The molecule has 1 unspecified atom stereocenters. The second kappa shape index (κ2) is 6.51. The number of halogens is 1. The summed E-state index contributed by atoms with van der Waals surface area (Å²) >= 11 is 3.40. The molecule has 1 heterocycles. The van der Waals surface area contributed by atoms with Gasteiger partial charge in [-0.05, 0) is 18.8 Å². The highest BCUT2D eigenvalue weighted by molar-refractivity contribution is 9.09. The first kappa shape index (κ1) is 14.7. The van der Waals surface area contributed by atoms with Crippen molar-refractivity contribution in [3.8, 4) is 0 Å². The van der Waals surface area contributed by atoms with E-state index < -0.39 is 10.0 Å². The van der Waals surface area contributed by atoms with Gasteiger partial charge in [0, 0.05) is 25.1 Å². The number of nitrogens with zero attached hydrogens (tertiary/aromatic N) is 2. The normalized spacial score (nSPS) is 13.8. The molecule has 0 aromatic carbocycles. The van der Waals surface area contributed by atoms with E-state index >= 15 is 0 Å². The predicted molar refractivity (Wildman–Crippen MR) is 70.6 cm³/mol. The van der Waals surface area contributed by atoms with Crippen molar-refractivity contribution in [3.63, 3.8) is 0 Å². The maximum atomic E-state index is 11.8. The van der Waals surface area contributed by atoms with Crippen molar-refractivity contribution in [2.24, 2.45) is 13.0 Å². The lowest BCUT2D eigenvalue weighted by molar-refractivity contribution is 0.546. The van der Waals surface area contributed by atoms with Crippen LogP contribution in [0.1, 0.15) is 19.8 Å². The number of hydrogen-bond donors (Lipinski definition) is 1. The predicted octanol–water partition coefficient (Wildman–Crippen LogP) is 1.51. The maximum absolute atomic E-state index is 11.8. The van der Waals surface area contributed by atoms with Crippen molar-refractivity contribution in [1.29, 1.82) is 0 Å². The fourth-order valence-electron chi connectivity index (χ4n) is 1.36. The molecule has 1 atom stereocenters. The molecule has 1 aromatic heterocycles. The summed E-state index contributed by atoms with van der Waals surface area (Å²) in [7, 11) is -1.70. The van der Waals surface area contributed by atoms with E-state index in [4.69, 9.17) is 0 Å². The van der Waals surface area contributed by atoms with Crippen LogP contribution >= 0.6 is 15.9 Å². The van der Waals surface area contributed by atoms with Gasteiger partial charge in [-0.15, -0.1) is 0 Å². The quantitative estimate of drug-likeness (QED) is 0.611. The molecule has 5 nitrogen and oxygen atoms in total. The van der Waals surface area contributed by atoms with E-state index in [0.717, 1.165) is 18.2 Å². The van der Waals surface area contributed by atoms with Gasteiger partial charge < -0.3 is 0 Å². The van der Waals surface area contributed by atoms with Crippen LogP contribution in [0.4, 0.5) is 0 Å². The zero-order valence-electron chi connectivity index (χ0n) is 10.1. The van der Waals surface area contributed by atoms with E-state index in [0.29, 0.717) is 12.5 Å². The molecule has 0 aliphatic heterocycles. The summed E-state index contributed by atoms with van der Waals surface area (Å²) in [6.45, 7) is 2.60. The Balaban J connectivity index is 2.41. The van der Waals surface area contributed by atoms with E-state index in [1.54, 1.807) is 7.05 Å².